The van der Waals surface area contributed by atoms with Crippen LogP contribution in [0.3, 0.4) is 0 Å². The molecule has 0 aliphatic carbocycles. The minimum Gasteiger partial charge on any atom is -0.326 e. The molecule has 0 bridgehead atoms. The largest absolute Gasteiger partial charge is 0.326 e. The molecule has 2 heterocycles. The molecule has 0 unspecified atom stereocenters. The van der Waals surface area contributed by atoms with Gasteiger partial charge in [-0.15, -0.1) is 0 Å². The third-order valence-electron chi connectivity index (χ3n) is 4.42. The third-order valence-corrected chi connectivity index (χ3v) is 4.94. The van der Waals surface area contributed by atoms with E-state index in [1.807, 2.05) is 30.3 Å². The number of benzene rings is 2. The van der Waals surface area contributed by atoms with Gasteiger partial charge in [-0.05, 0) is 36.4 Å². The molecule has 146 valence electrons. The zero-order chi connectivity index (χ0) is 20.4. The van der Waals surface area contributed by atoms with Crippen molar-refractivity contribution in [2.75, 3.05) is 16.0 Å². The van der Waals surface area contributed by atoms with Gasteiger partial charge < -0.3 is 16.0 Å². The fourth-order valence-corrected chi connectivity index (χ4v) is 3.34. The predicted molar refractivity (Wildman–Crippen MR) is 113 cm³/mol. The average molecular weight is 454 g/mol. The second kappa shape index (κ2) is 7.88. The van der Waals surface area contributed by atoms with Crippen LogP contribution in [0.25, 0.3) is 0 Å². The van der Waals surface area contributed by atoms with Gasteiger partial charge in [-0.25, -0.2) is 0 Å². The first-order valence-electron chi connectivity index (χ1n) is 8.82. The van der Waals surface area contributed by atoms with Crippen molar-refractivity contribution in [2.45, 2.75) is 12.3 Å². The van der Waals surface area contributed by atoms with Crippen molar-refractivity contribution >= 4 is 50.9 Å². The van der Waals surface area contributed by atoms with E-state index < -0.39 is 17.4 Å². The summed E-state index contributed by atoms with van der Waals surface area (Å²) in [5, 5.41) is 8.31. The molecule has 2 aromatic carbocycles. The molecular weight excluding hydrogens is 438 g/mol. The Kier molecular flexibility index (Phi) is 5.13. The summed E-state index contributed by atoms with van der Waals surface area (Å²) < 4.78 is 0.872. The Morgan fingerprint density at radius 3 is 2.48 bits per heavy atom. The summed E-state index contributed by atoms with van der Waals surface area (Å²) in [6.45, 7) is 0. The first-order valence-corrected chi connectivity index (χ1v) is 9.61. The van der Waals surface area contributed by atoms with Gasteiger partial charge in [0.15, 0.2) is 0 Å². The fraction of sp³-hybridized carbons (Fsp3) is 0.100. The van der Waals surface area contributed by atoms with E-state index in [-0.39, 0.29) is 29.7 Å². The molecule has 2 amide bonds. The van der Waals surface area contributed by atoms with E-state index in [1.165, 1.54) is 0 Å². The monoisotopic (exact) mass is 453 g/mol. The minimum atomic E-state index is -0.940. The molecule has 0 spiro atoms. The highest BCUT2D eigenvalue weighted by molar-refractivity contribution is 9.10. The maximum Gasteiger partial charge on any atom is 0.258 e. The van der Waals surface area contributed by atoms with E-state index in [9.17, 15) is 14.4 Å². The number of fused-ring (bicyclic) bond motifs is 1. The lowest BCUT2D eigenvalue weighted by Crippen LogP contribution is -2.36. The van der Waals surface area contributed by atoms with Gasteiger partial charge >= 0.3 is 0 Å². The molecule has 0 saturated heterocycles. The van der Waals surface area contributed by atoms with E-state index >= 15 is 0 Å². The van der Waals surface area contributed by atoms with Crippen molar-refractivity contribution in [1.29, 1.82) is 0 Å². The Bertz CT molecular complexity index is 1130. The number of anilines is 4. The van der Waals surface area contributed by atoms with Gasteiger partial charge in [0.2, 0.25) is 17.8 Å². The number of aromatic amines is 1. The molecule has 0 fully saturated rings. The number of hydrogen-bond acceptors (Lipinski definition) is 5. The highest BCUT2D eigenvalue weighted by Crippen LogP contribution is 2.30. The minimum absolute atomic E-state index is 0.0828. The molecule has 1 aliphatic rings. The first kappa shape index (κ1) is 18.9. The topological polar surface area (TPSA) is 116 Å². The zero-order valence-electron chi connectivity index (χ0n) is 15.0. The number of hydrogen-bond donors (Lipinski definition) is 4. The summed E-state index contributed by atoms with van der Waals surface area (Å²) in [5.74, 6) is -1.50. The normalized spacial score (nSPS) is 15.2. The van der Waals surface area contributed by atoms with Gasteiger partial charge in [0, 0.05) is 22.3 Å². The highest BCUT2D eigenvalue weighted by atomic mass is 79.9. The summed E-state index contributed by atoms with van der Waals surface area (Å²) >= 11 is 3.33. The Hall–Kier alpha value is -3.46. The summed E-state index contributed by atoms with van der Waals surface area (Å²) in [4.78, 5) is 44.6. The number of carbonyl (C=O) groups excluding carboxylic acids is 2. The lowest BCUT2D eigenvalue weighted by Gasteiger charge is -2.23. The number of H-pyrrole nitrogens is 1. The fourth-order valence-electron chi connectivity index (χ4n) is 3.08. The Morgan fingerprint density at radius 1 is 1.03 bits per heavy atom. The molecule has 1 aromatic heterocycles. The first-order chi connectivity index (χ1) is 14.0. The SMILES string of the molecule is O=C1C[C@H](C(=O)Nc2ccc(Br)cc2)c2c(nc(Nc3ccccc3)[nH]c2=O)N1. The molecule has 4 rings (SSSR count). The van der Waals surface area contributed by atoms with Crippen molar-refractivity contribution in [2.24, 2.45) is 0 Å². The van der Waals surface area contributed by atoms with Crippen molar-refractivity contribution in [1.82, 2.24) is 9.97 Å². The molecule has 1 atom stereocenters. The number of nitrogens with one attached hydrogen (secondary N) is 4. The van der Waals surface area contributed by atoms with E-state index in [1.54, 1.807) is 24.3 Å². The van der Waals surface area contributed by atoms with Crippen LogP contribution in [0.1, 0.15) is 17.9 Å². The number of aromatic nitrogens is 2. The molecule has 8 nitrogen and oxygen atoms in total. The van der Waals surface area contributed by atoms with E-state index in [0.717, 1.165) is 10.2 Å². The number of nitrogens with zero attached hydrogens (tertiary/aromatic N) is 1. The lowest BCUT2D eigenvalue weighted by atomic mass is 9.92. The molecule has 1 aliphatic heterocycles. The van der Waals surface area contributed by atoms with Crippen LogP contribution in [-0.4, -0.2) is 21.8 Å². The Morgan fingerprint density at radius 2 is 1.76 bits per heavy atom. The van der Waals surface area contributed by atoms with Crippen LogP contribution >= 0.6 is 15.9 Å². The predicted octanol–water partition coefficient (Wildman–Crippen LogP) is 3.34. The van der Waals surface area contributed by atoms with Crippen molar-refractivity contribution in [3.8, 4) is 0 Å². The highest BCUT2D eigenvalue weighted by Gasteiger charge is 2.34. The zero-order valence-corrected chi connectivity index (χ0v) is 16.6. The summed E-state index contributed by atoms with van der Waals surface area (Å²) in [7, 11) is 0. The van der Waals surface area contributed by atoms with Crippen LogP contribution in [-0.2, 0) is 9.59 Å². The van der Waals surface area contributed by atoms with Gasteiger partial charge in [0.1, 0.15) is 5.82 Å². The molecule has 4 N–H and O–H groups in total. The molecule has 29 heavy (non-hydrogen) atoms. The average Bonchev–Trinajstić information content (AvgIpc) is 2.69. The summed E-state index contributed by atoms with van der Waals surface area (Å²) in [5.41, 5.74) is 0.946. The van der Waals surface area contributed by atoms with Gasteiger partial charge in [-0.3, -0.25) is 19.4 Å². The van der Waals surface area contributed by atoms with Crippen LogP contribution in [0.15, 0.2) is 63.9 Å². The van der Waals surface area contributed by atoms with Crippen LogP contribution in [0, 0.1) is 0 Å². The van der Waals surface area contributed by atoms with Crippen molar-refractivity contribution < 1.29 is 9.59 Å². The summed E-state index contributed by atoms with van der Waals surface area (Å²) in [6, 6.07) is 16.2. The number of halogens is 1. The smallest absolute Gasteiger partial charge is 0.258 e. The molecule has 3 aromatic rings. The van der Waals surface area contributed by atoms with Crippen LogP contribution in [0.2, 0.25) is 0 Å². The van der Waals surface area contributed by atoms with Gasteiger partial charge in [0.05, 0.1) is 11.5 Å². The number of rotatable bonds is 4. The van der Waals surface area contributed by atoms with Crippen LogP contribution in [0.4, 0.5) is 23.1 Å². The van der Waals surface area contributed by atoms with Crippen molar-refractivity contribution in [3.05, 3.63) is 75.0 Å². The van der Waals surface area contributed by atoms with Gasteiger partial charge in [0.25, 0.3) is 5.56 Å². The van der Waals surface area contributed by atoms with Crippen LogP contribution in [0.5, 0.6) is 0 Å². The molecular formula is C20H16BrN5O3. The van der Waals surface area contributed by atoms with Crippen molar-refractivity contribution in [3.63, 3.8) is 0 Å². The number of amides is 2. The molecule has 0 radical (unpaired) electrons. The second-order valence-corrected chi connectivity index (χ2v) is 7.38. The molecule has 0 saturated carbocycles. The van der Waals surface area contributed by atoms with Gasteiger partial charge in [-0.2, -0.15) is 4.98 Å². The Balaban J connectivity index is 1.63. The third kappa shape index (κ3) is 4.19. The maximum atomic E-state index is 12.8. The maximum absolute atomic E-state index is 12.8. The number of para-hydroxylation sites is 1. The van der Waals surface area contributed by atoms with E-state index in [4.69, 9.17) is 0 Å². The number of carbonyl (C=O) groups is 2. The van der Waals surface area contributed by atoms with E-state index in [0.29, 0.717) is 5.69 Å². The molecule has 9 heteroatoms. The van der Waals surface area contributed by atoms with E-state index in [2.05, 4.69) is 41.8 Å². The lowest BCUT2D eigenvalue weighted by molar-refractivity contribution is -0.123. The standard InChI is InChI=1S/C20H16BrN5O3/c21-11-6-8-13(9-7-11)22-18(28)14-10-15(27)24-17-16(14)19(29)26-20(25-17)23-12-4-2-1-3-5-12/h1-9,14H,10H2,(H,22,28)(H3,23,24,25,26,27,29)/t14-/m0/s1. The second-order valence-electron chi connectivity index (χ2n) is 6.47. The quantitative estimate of drug-likeness (QED) is 0.483. The summed E-state index contributed by atoms with van der Waals surface area (Å²) in [6.07, 6.45) is -0.133. The van der Waals surface area contributed by atoms with Gasteiger partial charge in [-0.1, -0.05) is 34.1 Å². The Labute approximate surface area is 173 Å². The van der Waals surface area contributed by atoms with Crippen LogP contribution < -0.4 is 21.5 Å².